The van der Waals surface area contributed by atoms with E-state index in [9.17, 15) is 9.59 Å². The van der Waals surface area contributed by atoms with E-state index in [1.165, 1.54) is 5.01 Å². The van der Waals surface area contributed by atoms with Crippen LogP contribution in [0.25, 0.3) is 6.08 Å². The lowest BCUT2D eigenvalue weighted by Gasteiger charge is -2.14. The first-order chi connectivity index (χ1) is 10.5. The number of carbonyl (C=O) groups is 2. The molecule has 6 heteroatoms. The lowest BCUT2D eigenvalue weighted by Crippen LogP contribution is -2.35. The van der Waals surface area contributed by atoms with Crippen molar-refractivity contribution in [2.45, 2.75) is 0 Å². The van der Waals surface area contributed by atoms with Gasteiger partial charge in [0.1, 0.15) is 5.57 Å². The Morgan fingerprint density at radius 2 is 1.41 bits per heavy atom. The van der Waals surface area contributed by atoms with Crippen LogP contribution in [-0.4, -0.2) is 11.8 Å². The zero-order chi connectivity index (χ0) is 15.7. The van der Waals surface area contributed by atoms with Gasteiger partial charge in [0.25, 0.3) is 11.8 Å². The number of nitrogens with one attached hydrogen (secondary N) is 1. The van der Waals surface area contributed by atoms with Crippen molar-refractivity contribution < 1.29 is 9.59 Å². The minimum absolute atomic E-state index is 0.139. The number of anilines is 1. The Morgan fingerprint density at radius 1 is 0.864 bits per heavy atom. The molecule has 0 saturated carbocycles. The molecule has 0 bridgehead atoms. The van der Waals surface area contributed by atoms with Crippen molar-refractivity contribution in [1.82, 2.24) is 5.43 Å². The second-order valence-electron chi connectivity index (χ2n) is 4.67. The molecule has 0 radical (unpaired) electrons. The average Bonchev–Trinajstić information content (AvgIpc) is 2.78. The minimum atomic E-state index is -0.387. The Balaban J connectivity index is 1.91. The van der Waals surface area contributed by atoms with E-state index in [-0.39, 0.29) is 17.4 Å². The van der Waals surface area contributed by atoms with Crippen LogP contribution in [0.5, 0.6) is 0 Å². The number of benzene rings is 2. The minimum Gasteiger partial charge on any atom is -0.267 e. The molecule has 2 aromatic carbocycles. The molecule has 1 fully saturated rings. The van der Waals surface area contributed by atoms with E-state index in [1.807, 2.05) is 36.4 Å². The lowest BCUT2D eigenvalue weighted by atomic mass is 10.1. The monoisotopic (exact) mass is 516 g/mol. The van der Waals surface area contributed by atoms with Crippen LogP contribution in [0.4, 0.5) is 5.69 Å². The van der Waals surface area contributed by atoms with E-state index in [4.69, 9.17) is 0 Å². The highest BCUT2D eigenvalue weighted by atomic mass is 127. The molecule has 2 amide bonds. The van der Waals surface area contributed by atoms with Gasteiger partial charge in [0.15, 0.2) is 0 Å². The number of hydrazine groups is 1. The van der Waals surface area contributed by atoms with E-state index in [0.717, 1.165) is 12.7 Å². The number of amides is 2. The van der Waals surface area contributed by atoms with Gasteiger partial charge in [-0.05, 0) is 93.2 Å². The van der Waals surface area contributed by atoms with Crippen molar-refractivity contribution in [3.05, 3.63) is 66.8 Å². The van der Waals surface area contributed by atoms with Crippen molar-refractivity contribution in [3.8, 4) is 0 Å². The van der Waals surface area contributed by atoms with Gasteiger partial charge < -0.3 is 0 Å². The first kappa shape index (κ1) is 15.5. The van der Waals surface area contributed by atoms with Crippen molar-refractivity contribution >= 4 is 68.8 Å². The van der Waals surface area contributed by atoms with E-state index in [2.05, 4.69) is 50.6 Å². The lowest BCUT2D eigenvalue weighted by molar-refractivity contribution is -0.117. The van der Waals surface area contributed by atoms with Gasteiger partial charge in [0.2, 0.25) is 0 Å². The van der Waals surface area contributed by atoms with Crippen molar-refractivity contribution in [2.24, 2.45) is 0 Å². The van der Waals surface area contributed by atoms with Crippen molar-refractivity contribution in [1.29, 1.82) is 0 Å². The molecule has 110 valence electrons. The fraction of sp³-hybridized carbons (Fsp3) is 0. The molecule has 1 heterocycles. The molecular formula is C16H10I2N2O2. The number of halogens is 2. The molecule has 0 aromatic heterocycles. The third-order valence-electron chi connectivity index (χ3n) is 3.16. The maximum Gasteiger partial charge on any atom is 0.282 e. The van der Waals surface area contributed by atoms with E-state index in [1.54, 1.807) is 18.2 Å². The van der Waals surface area contributed by atoms with Gasteiger partial charge in [-0.2, -0.15) is 0 Å². The predicted octanol–water partition coefficient (Wildman–Crippen LogP) is 3.36. The molecule has 0 aliphatic carbocycles. The molecular weight excluding hydrogens is 506 g/mol. The summed E-state index contributed by atoms with van der Waals surface area (Å²) < 4.78 is 2.16. The van der Waals surface area contributed by atoms with Gasteiger partial charge in [0.05, 0.1) is 5.69 Å². The molecule has 1 saturated heterocycles. The van der Waals surface area contributed by atoms with Crippen molar-refractivity contribution in [3.63, 3.8) is 0 Å². The molecule has 4 nitrogen and oxygen atoms in total. The Bertz CT molecular complexity index is 768. The van der Waals surface area contributed by atoms with Crippen LogP contribution >= 0.6 is 45.2 Å². The van der Waals surface area contributed by atoms with Crippen LogP contribution in [-0.2, 0) is 9.59 Å². The Morgan fingerprint density at radius 3 is 2.00 bits per heavy atom. The van der Waals surface area contributed by atoms with E-state index >= 15 is 0 Å². The Labute approximate surface area is 154 Å². The number of hydrogen-bond donors (Lipinski definition) is 1. The van der Waals surface area contributed by atoms with E-state index < -0.39 is 0 Å². The predicted molar refractivity (Wildman–Crippen MR) is 102 cm³/mol. The number of nitrogens with zero attached hydrogens (tertiary/aromatic N) is 1. The molecule has 22 heavy (non-hydrogen) atoms. The molecule has 0 atom stereocenters. The molecule has 2 aromatic rings. The van der Waals surface area contributed by atoms with Gasteiger partial charge in [-0.15, -0.1) is 0 Å². The molecule has 0 unspecified atom stereocenters. The van der Waals surface area contributed by atoms with Crippen LogP contribution in [0.2, 0.25) is 0 Å². The summed E-state index contributed by atoms with van der Waals surface area (Å²) in [6.07, 6.45) is 1.61. The van der Waals surface area contributed by atoms with Gasteiger partial charge in [-0.3, -0.25) is 15.0 Å². The molecule has 1 N–H and O–H groups in total. The fourth-order valence-corrected chi connectivity index (χ4v) is 2.77. The number of rotatable bonds is 2. The molecule has 1 aliphatic heterocycles. The molecule has 3 rings (SSSR count). The van der Waals surface area contributed by atoms with Gasteiger partial charge in [-0.25, -0.2) is 5.01 Å². The summed E-state index contributed by atoms with van der Waals surface area (Å²) in [7, 11) is 0. The largest absolute Gasteiger partial charge is 0.282 e. The topological polar surface area (TPSA) is 49.4 Å². The highest BCUT2D eigenvalue weighted by molar-refractivity contribution is 14.1. The normalized spacial score (nSPS) is 16.3. The summed E-state index contributed by atoms with van der Waals surface area (Å²) in [6.45, 7) is 0. The number of carbonyl (C=O) groups excluding carboxylic acids is 2. The second-order valence-corrected chi connectivity index (χ2v) is 7.16. The highest BCUT2D eigenvalue weighted by Gasteiger charge is 2.34. The smallest absolute Gasteiger partial charge is 0.267 e. The third-order valence-corrected chi connectivity index (χ3v) is 4.60. The van der Waals surface area contributed by atoms with Crippen LogP contribution in [0.3, 0.4) is 0 Å². The standard InChI is InChI=1S/C16H10I2N2O2/c17-11-3-1-10(2-4-11)9-14-15(21)19-20(16(14)22)13-7-5-12(18)6-8-13/h1-9H,(H,19,21)/b14-9-. The van der Waals surface area contributed by atoms with Crippen LogP contribution in [0.1, 0.15) is 5.56 Å². The molecule has 0 spiro atoms. The first-order valence-electron chi connectivity index (χ1n) is 6.43. The van der Waals surface area contributed by atoms with Gasteiger partial charge in [-0.1, -0.05) is 12.1 Å². The quantitative estimate of drug-likeness (QED) is 0.379. The third kappa shape index (κ3) is 3.17. The Hall–Kier alpha value is -1.42. The first-order valence-corrected chi connectivity index (χ1v) is 8.58. The summed E-state index contributed by atoms with van der Waals surface area (Å²) >= 11 is 4.40. The fourth-order valence-electron chi connectivity index (χ4n) is 2.06. The second kappa shape index (κ2) is 6.37. The van der Waals surface area contributed by atoms with Crippen molar-refractivity contribution in [2.75, 3.05) is 5.01 Å². The SMILES string of the molecule is O=C1NN(c2ccc(I)cc2)C(=O)/C1=C\c1ccc(I)cc1. The highest BCUT2D eigenvalue weighted by Crippen LogP contribution is 2.22. The maximum atomic E-state index is 12.4. The maximum absolute atomic E-state index is 12.4. The van der Waals surface area contributed by atoms with Gasteiger partial charge in [0, 0.05) is 7.14 Å². The summed E-state index contributed by atoms with van der Waals surface area (Å²) in [5.41, 5.74) is 4.20. The molecule has 1 aliphatic rings. The van der Waals surface area contributed by atoms with E-state index in [0.29, 0.717) is 5.69 Å². The summed E-state index contributed by atoms with van der Waals surface area (Å²) in [5.74, 6) is -0.730. The zero-order valence-corrected chi connectivity index (χ0v) is 15.5. The van der Waals surface area contributed by atoms with Crippen LogP contribution in [0.15, 0.2) is 54.1 Å². The summed E-state index contributed by atoms with van der Waals surface area (Å²) in [5, 5.41) is 1.27. The van der Waals surface area contributed by atoms with Crippen LogP contribution in [0, 0.1) is 7.14 Å². The zero-order valence-electron chi connectivity index (χ0n) is 11.2. The Kier molecular flexibility index (Phi) is 4.48. The summed E-state index contributed by atoms with van der Waals surface area (Å²) in [6, 6.07) is 15.0. The average molecular weight is 516 g/mol. The number of hydrogen-bond acceptors (Lipinski definition) is 2. The van der Waals surface area contributed by atoms with Crippen LogP contribution < -0.4 is 10.4 Å². The van der Waals surface area contributed by atoms with Gasteiger partial charge >= 0.3 is 0 Å². The summed E-state index contributed by atoms with van der Waals surface area (Å²) in [4.78, 5) is 24.5.